The van der Waals surface area contributed by atoms with Crippen LogP contribution in [0.4, 0.5) is 18.0 Å². The number of hydrogen-bond donors (Lipinski definition) is 1. The molecule has 1 aromatic rings. The van der Waals surface area contributed by atoms with Crippen LogP contribution in [0.25, 0.3) is 0 Å². The molecule has 130 valence electrons. The van der Waals surface area contributed by atoms with E-state index >= 15 is 0 Å². The van der Waals surface area contributed by atoms with Crippen LogP contribution in [0.15, 0.2) is 12.4 Å². The van der Waals surface area contributed by atoms with Crippen LogP contribution < -0.4 is 5.32 Å². The largest absolute Gasteiger partial charge is 0.401 e. The van der Waals surface area contributed by atoms with E-state index in [0.29, 0.717) is 26.1 Å². The van der Waals surface area contributed by atoms with Crippen molar-refractivity contribution in [2.24, 2.45) is 7.05 Å². The fourth-order valence-electron chi connectivity index (χ4n) is 2.67. The first kappa shape index (κ1) is 17.6. The highest BCUT2D eigenvalue weighted by Gasteiger charge is 2.35. The Labute approximate surface area is 133 Å². The number of nitrogens with one attached hydrogen (secondary N) is 1. The third-order valence-electron chi connectivity index (χ3n) is 3.88. The van der Waals surface area contributed by atoms with Gasteiger partial charge in [0.2, 0.25) is 0 Å². The number of urea groups is 1. The molecule has 1 saturated heterocycles. The number of halogens is 3. The minimum absolute atomic E-state index is 0.229. The number of hydrogen-bond acceptors (Lipinski definition) is 3. The molecule has 0 aromatic carbocycles. The van der Waals surface area contributed by atoms with Gasteiger partial charge in [0.1, 0.15) is 0 Å². The summed E-state index contributed by atoms with van der Waals surface area (Å²) < 4.78 is 39.1. The van der Waals surface area contributed by atoms with Crippen molar-refractivity contribution in [3.8, 4) is 0 Å². The number of aryl methyl sites for hydroxylation is 1. The first-order chi connectivity index (χ1) is 10.7. The van der Waals surface area contributed by atoms with Gasteiger partial charge in [-0.25, -0.2) is 4.79 Å². The second-order valence-corrected chi connectivity index (χ2v) is 5.88. The number of carbonyl (C=O) groups excluding carboxylic acids is 1. The van der Waals surface area contributed by atoms with E-state index in [4.69, 9.17) is 0 Å². The molecule has 23 heavy (non-hydrogen) atoms. The number of alkyl halides is 3. The molecule has 1 unspecified atom stereocenters. The van der Waals surface area contributed by atoms with Crippen LogP contribution >= 0.6 is 0 Å². The molecule has 6 nitrogen and oxygen atoms in total. The van der Waals surface area contributed by atoms with Gasteiger partial charge in [0.15, 0.2) is 0 Å². The summed E-state index contributed by atoms with van der Waals surface area (Å²) in [6, 6.07) is -0.540. The van der Waals surface area contributed by atoms with Crippen molar-refractivity contribution < 1.29 is 18.0 Å². The minimum atomic E-state index is -4.21. The van der Waals surface area contributed by atoms with Crippen molar-refractivity contribution in [2.45, 2.75) is 25.6 Å². The Morgan fingerprint density at radius 1 is 1.43 bits per heavy atom. The van der Waals surface area contributed by atoms with E-state index in [1.807, 2.05) is 13.2 Å². The molecule has 1 aromatic heterocycles. The Kier molecular flexibility index (Phi) is 5.51. The lowest BCUT2D eigenvalue weighted by molar-refractivity contribution is -0.153. The molecule has 2 amide bonds. The lowest BCUT2D eigenvalue weighted by atomic mass is 10.2. The number of nitrogens with zero attached hydrogens (tertiary/aromatic N) is 4. The van der Waals surface area contributed by atoms with Gasteiger partial charge >= 0.3 is 12.2 Å². The lowest BCUT2D eigenvalue weighted by Crippen LogP contribution is -2.57. The van der Waals surface area contributed by atoms with Crippen molar-refractivity contribution in [1.29, 1.82) is 0 Å². The van der Waals surface area contributed by atoms with Crippen LogP contribution in [0.3, 0.4) is 0 Å². The summed E-state index contributed by atoms with van der Waals surface area (Å²) >= 11 is 0. The third-order valence-corrected chi connectivity index (χ3v) is 3.88. The Hall–Kier alpha value is -1.77. The van der Waals surface area contributed by atoms with E-state index in [1.165, 1.54) is 4.90 Å². The number of piperazine rings is 1. The summed E-state index contributed by atoms with van der Waals surface area (Å²) in [7, 11) is 1.82. The summed E-state index contributed by atoms with van der Waals surface area (Å²) in [5.74, 6) is 0. The monoisotopic (exact) mass is 333 g/mol. The van der Waals surface area contributed by atoms with Crippen molar-refractivity contribution >= 4 is 6.03 Å². The summed E-state index contributed by atoms with van der Waals surface area (Å²) in [5, 5.41) is 6.85. The maximum absolute atomic E-state index is 12.5. The summed E-state index contributed by atoms with van der Waals surface area (Å²) in [4.78, 5) is 15.0. The molecular formula is C14H22F3N5O. The Balaban J connectivity index is 1.74. The molecule has 0 radical (unpaired) electrons. The quantitative estimate of drug-likeness (QED) is 0.902. The number of amides is 2. The van der Waals surface area contributed by atoms with Gasteiger partial charge in [-0.05, 0) is 18.9 Å². The van der Waals surface area contributed by atoms with Crippen molar-refractivity contribution in [3.63, 3.8) is 0 Å². The summed E-state index contributed by atoms with van der Waals surface area (Å²) in [6.07, 6.45) is 0.0832. The van der Waals surface area contributed by atoms with Crippen LogP contribution in [0.1, 0.15) is 12.5 Å². The van der Waals surface area contributed by atoms with Crippen LogP contribution in [0.2, 0.25) is 0 Å². The molecule has 1 aliphatic rings. The molecule has 1 atom stereocenters. The van der Waals surface area contributed by atoms with E-state index in [1.54, 1.807) is 22.7 Å². The first-order valence-corrected chi connectivity index (χ1v) is 7.56. The zero-order valence-corrected chi connectivity index (χ0v) is 13.3. The first-order valence-electron chi connectivity index (χ1n) is 7.56. The molecule has 0 spiro atoms. The average Bonchev–Trinajstić information content (AvgIpc) is 2.85. The normalized spacial score (nSPS) is 19.9. The third kappa shape index (κ3) is 5.42. The van der Waals surface area contributed by atoms with Crippen molar-refractivity contribution in [3.05, 3.63) is 18.0 Å². The van der Waals surface area contributed by atoms with Crippen LogP contribution in [0, 0.1) is 0 Å². The van der Waals surface area contributed by atoms with Gasteiger partial charge in [-0.1, -0.05) is 0 Å². The molecule has 1 aliphatic heterocycles. The zero-order chi connectivity index (χ0) is 17.0. The molecular weight excluding hydrogens is 311 g/mol. The summed E-state index contributed by atoms with van der Waals surface area (Å²) in [6.45, 7) is 2.10. The number of rotatable bonds is 4. The predicted octanol–water partition coefficient (Wildman–Crippen LogP) is 1.24. The highest BCUT2D eigenvalue weighted by molar-refractivity contribution is 5.74. The maximum Gasteiger partial charge on any atom is 0.401 e. The highest BCUT2D eigenvalue weighted by atomic mass is 19.4. The second kappa shape index (κ2) is 7.20. The van der Waals surface area contributed by atoms with E-state index < -0.39 is 12.7 Å². The van der Waals surface area contributed by atoms with Gasteiger partial charge < -0.3 is 10.2 Å². The van der Waals surface area contributed by atoms with Crippen LogP contribution in [0.5, 0.6) is 0 Å². The smallest absolute Gasteiger partial charge is 0.338 e. The minimum Gasteiger partial charge on any atom is -0.338 e. The van der Waals surface area contributed by atoms with Gasteiger partial charge in [-0.15, -0.1) is 0 Å². The van der Waals surface area contributed by atoms with Gasteiger partial charge in [0.25, 0.3) is 0 Å². The topological polar surface area (TPSA) is 53.4 Å². The van der Waals surface area contributed by atoms with Crippen LogP contribution in [-0.2, 0) is 13.5 Å². The Bertz CT molecular complexity index is 531. The number of aromatic nitrogens is 2. The van der Waals surface area contributed by atoms with Gasteiger partial charge in [-0.2, -0.15) is 18.3 Å². The highest BCUT2D eigenvalue weighted by Crippen LogP contribution is 2.20. The van der Waals surface area contributed by atoms with Crippen molar-refractivity contribution in [1.82, 2.24) is 24.9 Å². The fourth-order valence-corrected chi connectivity index (χ4v) is 2.67. The SMILES string of the molecule is CC1CN(C(=O)NCCc2cnn(C)c2)CCN1CC(F)(F)F. The van der Waals surface area contributed by atoms with E-state index in [2.05, 4.69) is 10.4 Å². The summed E-state index contributed by atoms with van der Waals surface area (Å²) in [5.41, 5.74) is 1.02. The van der Waals surface area contributed by atoms with Gasteiger partial charge in [0.05, 0.1) is 12.7 Å². The average molecular weight is 333 g/mol. The van der Waals surface area contributed by atoms with E-state index in [0.717, 1.165) is 5.56 Å². The fraction of sp³-hybridized carbons (Fsp3) is 0.714. The second-order valence-electron chi connectivity index (χ2n) is 5.88. The molecule has 1 N–H and O–H groups in total. The zero-order valence-electron chi connectivity index (χ0n) is 13.3. The molecule has 9 heteroatoms. The van der Waals surface area contributed by atoms with Gasteiger partial charge in [-0.3, -0.25) is 9.58 Å². The molecule has 2 heterocycles. The van der Waals surface area contributed by atoms with Gasteiger partial charge in [0, 0.05) is 45.5 Å². The predicted molar refractivity (Wildman–Crippen MR) is 79.0 cm³/mol. The van der Waals surface area contributed by atoms with Crippen LogP contribution in [-0.4, -0.2) is 70.6 Å². The van der Waals surface area contributed by atoms with E-state index in [9.17, 15) is 18.0 Å². The molecule has 0 bridgehead atoms. The lowest BCUT2D eigenvalue weighted by Gasteiger charge is -2.39. The molecule has 0 saturated carbocycles. The molecule has 1 fully saturated rings. The Morgan fingerprint density at radius 3 is 2.74 bits per heavy atom. The number of carbonyl (C=O) groups is 1. The Morgan fingerprint density at radius 2 is 2.17 bits per heavy atom. The molecule has 2 rings (SSSR count). The maximum atomic E-state index is 12.5. The molecule has 0 aliphatic carbocycles. The van der Waals surface area contributed by atoms with E-state index in [-0.39, 0.29) is 18.6 Å². The van der Waals surface area contributed by atoms with Crippen molar-refractivity contribution in [2.75, 3.05) is 32.7 Å². The standard InChI is InChI=1S/C14H22F3N5O/c1-11-8-21(5-6-22(11)10-14(15,16)17)13(23)18-4-3-12-7-19-20(2)9-12/h7,9,11H,3-6,8,10H2,1-2H3,(H,18,23).